The maximum atomic E-state index is 13.0. The first-order chi connectivity index (χ1) is 14.5. The number of hydrogen-bond acceptors (Lipinski definition) is 7. The Morgan fingerprint density at radius 3 is 2.63 bits per heavy atom. The van der Waals surface area contributed by atoms with Crippen molar-refractivity contribution in [2.75, 3.05) is 25.4 Å². The van der Waals surface area contributed by atoms with Gasteiger partial charge in [0.15, 0.2) is 23.0 Å². The number of nitrogens with zero attached hydrogens (tertiary/aromatic N) is 1. The van der Waals surface area contributed by atoms with Gasteiger partial charge in [-0.1, -0.05) is 6.07 Å². The van der Waals surface area contributed by atoms with Gasteiger partial charge in [0, 0.05) is 6.07 Å². The van der Waals surface area contributed by atoms with Crippen molar-refractivity contribution in [3.05, 3.63) is 47.5 Å². The van der Waals surface area contributed by atoms with Crippen LogP contribution in [0.2, 0.25) is 0 Å². The summed E-state index contributed by atoms with van der Waals surface area (Å²) < 4.78 is 21.3. The van der Waals surface area contributed by atoms with Crippen molar-refractivity contribution in [3.8, 4) is 23.0 Å². The first-order valence-electron chi connectivity index (χ1n) is 9.13. The van der Waals surface area contributed by atoms with Gasteiger partial charge in [-0.3, -0.25) is 14.9 Å². The number of barbiturate groups is 1. The number of ether oxygens (including phenoxy) is 4. The van der Waals surface area contributed by atoms with Gasteiger partial charge in [0.1, 0.15) is 5.57 Å². The molecule has 0 aromatic heterocycles. The van der Waals surface area contributed by atoms with E-state index in [1.807, 2.05) is 6.92 Å². The smallest absolute Gasteiger partial charge is 0.335 e. The van der Waals surface area contributed by atoms with Crippen LogP contribution in [0.15, 0.2) is 42.0 Å². The van der Waals surface area contributed by atoms with Gasteiger partial charge in [-0.2, -0.15) is 0 Å². The highest BCUT2D eigenvalue weighted by atomic mass is 16.7. The summed E-state index contributed by atoms with van der Waals surface area (Å²) in [6.45, 7) is 2.37. The first kappa shape index (κ1) is 19.3. The molecule has 2 aromatic carbocycles. The quantitative estimate of drug-likeness (QED) is 0.597. The summed E-state index contributed by atoms with van der Waals surface area (Å²) in [5.74, 6) is 0.381. The Labute approximate surface area is 171 Å². The molecular formula is C21H18N2O7. The average Bonchev–Trinajstić information content (AvgIpc) is 3.20. The number of imide groups is 2. The lowest BCUT2D eigenvalue weighted by Gasteiger charge is -2.26. The van der Waals surface area contributed by atoms with Gasteiger partial charge in [-0.25, -0.2) is 9.69 Å². The van der Waals surface area contributed by atoms with Gasteiger partial charge in [-0.15, -0.1) is 0 Å². The van der Waals surface area contributed by atoms with Gasteiger partial charge in [0.05, 0.1) is 19.4 Å². The van der Waals surface area contributed by atoms with Crippen LogP contribution < -0.4 is 29.2 Å². The number of carbonyl (C=O) groups is 3. The van der Waals surface area contributed by atoms with Crippen molar-refractivity contribution in [1.29, 1.82) is 0 Å². The molecule has 0 saturated carbocycles. The number of hydrogen-bond donors (Lipinski definition) is 1. The Bertz CT molecular complexity index is 1080. The zero-order valence-corrected chi connectivity index (χ0v) is 16.3. The molecule has 0 spiro atoms. The fourth-order valence-electron chi connectivity index (χ4n) is 3.13. The van der Waals surface area contributed by atoms with Gasteiger partial charge in [0.2, 0.25) is 6.79 Å². The van der Waals surface area contributed by atoms with Crippen molar-refractivity contribution in [3.63, 3.8) is 0 Å². The largest absolute Gasteiger partial charge is 0.493 e. The van der Waals surface area contributed by atoms with E-state index in [0.29, 0.717) is 35.2 Å². The van der Waals surface area contributed by atoms with E-state index in [2.05, 4.69) is 5.32 Å². The van der Waals surface area contributed by atoms with Crippen LogP contribution in [-0.4, -0.2) is 38.4 Å². The Morgan fingerprint density at radius 2 is 1.87 bits per heavy atom. The third kappa shape index (κ3) is 3.41. The molecule has 1 fully saturated rings. The predicted octanol–water partition coefficient (Wildman–Crippen LogP) is 2.49. The number of rotatable bonds is 5. The number of anilines is 1. The molecule has 2 aliphatic heterocycles. The summed E-state index contributed by atoms with van der Waals surface area (Å²) in [5, 5.41) is 2.19. The summed E-state index contributed by atoms with van der Waals surface area (Å²) in [6.07, 6.45) is 1.39. The molecule has 1 N–H and O–H groups in total. The highest BCUT2D eigenvalue weighted by Crippen LogP contribution is 2.36. The zero-order valence-electron chi connectivity index (χ0n) is 16.3. The minimum Gasteiger partial charge on any atom is -0.493 e. The second-order valence-corrected chi connectivity index (χ2v) is 6.34. The monoisotopic (exact) mass is 410 g/mol. The maximum Gasteiger partial charge on any atom is 0.335 e. The number of methoxy groups -OCH3 is 1. The summed E-state index contributed by atoms with van der Waals surface area (Å²) in [7, 11) is 1.49. The molecule has 9 nitrogen and oxygen atoms in total. The minimum atomic E-state index is -0.842. The molecule has 2 aromatic rings. The van der Waals surface area contributed by atoms with Crippen LogP contribution >= 0.6 is 0 Å². The third-order valence-corrected chi connectivity index (χ3v) is 4.51. The lowest BCUT2D eigenvalue weighted by molar-refractivity contribution is -0.122. The Morgan fingerprint density at radius 1 is 1.07 bits per heavy atom. The van der Waals surface area contributed by atoms with Crippen molar-refractivity contribution >= 4 is 29.6 Å². The van der Waals surface area contributed by atoms with E-state index in [0.717, 1.165) is 4.90 Å². The van der Waals surface area contributed by atoms with Crippen LogP contribution in [0, 0.1) is 0 Å². The normalized spacial score (nSPS) is 16.7. The molecule has 9 heteroatoms. The molecule has 4 rings (SSSR count). The maximum absolute atomic E-state index is 13.0. The van der Waals surface area contributed by atoms with Gasteiger partial charge in [-0.05, 0) is 42.8 Å². The summed E-state index contributed by atoms with van der Waals surface area (Å²) >= 11 is 0. The highest BCUT2D eigenvalue weighted by Gasteiger charge is 2.37. The van der Waals surface area contributed by atoms with E-state index in [4.69, 9.17) is 18.9 Å². The van der Waals surface area contributed by atoms with E-state index in [1.165, 1.54) is 25.3 Å². The molecule has 2 aliphatic rings. The number of amides is 4. The molecule has 0 unspecified atom stereocenters. The molecule has 0 radical (unpaired) electrons. The standard InChI is InChI=1S/C21H18N2O7/c1-3-28-15-6-4-12(9-17(15)27-2)8-14-19(24)22-21(26)23(20(14)25)13-5-7-16-18(10-13)30-11-29-16/h4-10H,3,11H2,1-2H3,(H,22,24,26)/b14-8+. The van der Waals surface area contributed by atoms with Crippen molar-refractivity contribution < 1.29 is 33.3 Å². The van der Waals surface area contributed by atoms with E-state index >= 15 is 0 Å². The van der Waals surface area contributed by atoms with Crippen LogP contribution in [0.25, 0.3) is 6.08 Å². The topological polar surface area (TPSA) is 103 Å². The molecule has 4 amide bonds. The summed E-state index contributed by atoms with van der Waals surface area (Å²) in [4.78, 5) is 38.6. The fourth-order valence-corrected chi connectivity index (χ4v) is 3.13. The Hall–Kier alpha value is -4.01. The summed E-state index contributed by atoms with van der Waals surface area (Å²) in [5.41, 5.74) is 0.594. The molecule has 1 saturated heterocycles. The third-order valence-electron chi connectivity index (χ3n) is 4.51. The van der Waals surface area contributed by atoms with Crippen LogP contribution in [0.5, 0.6) is 23.0 Å². The highest BCUT2D eigenvalue weighted by molar-refractivity contribution is 6.39. The van der Waals surface area contributed by atoms with E-state index in [-0.39, 0.29) is 18.1 Å². The molecule has 30 heavy (non-hydrogen) atoms. The SMILES string of the molecule is CCOc1ccc(/C=C2\C(=O)NC(=O)N(c3ccc4c(c3)OCO4)C2=O)cc1OC. The second kappa shape index (κ2) is 7.78. The molecule has 0 aliphatic carbocycles. The Balaban J connectivity index is 1.69. The van der Waals surface area contributed by atoms with Crippen LogP contribution in [-0.2, 0) is 9.59 Å². The van der Waals surface area contributed by atoms with Crippen molar-refractivity contribution in [1.82, 2.24) is 5.32 Å². The molecule has 0 atom stereocenters. The van der Waals surface area contributed by atoms with Gasteiger partial charge >= 0.3 is 6.03 Å². The van der Waals surface area contributed by atoms with Crippen molar-refractivity contribution in [2.45, 2.75) is 6.92 Å². The van der Waals surface area contributed by atoms with Crippen LogP contribution in [0.3, 0.4) is 0 Å². The second-order valence-electron chi connectivity index (χ2n) is 6.34. The number of carbonyl (C=O) groups excluding carboxylic acids is 3. The average molecular weight is 410 g/mol. The number of fused-ring (bicyclic) bond motifs is 1. The first-order valence-corrected chi connectivity index (χ1v) is 9.13. The van der Waals surface area contributed by atoms with Crippen LogP contribution in [0.4, 0.5) is 10.5 Å². The van der Waals surface area contributed by atoms with E-state index in [1.54, 1.807) is 24.3 Å². The zero-order chi connectivity index (χ0) is 21.3. The number of urea groups is 1. The molecule has 154 valence electrons. The number of nitrogens with one attached hydrogen (secondary N) is 1. The fraction of sp³-hybridized carbons (Fsp3) is 0.190. The van der Waals surface area contributed by atoms with Gasteiger partial charge in [0.25, 0.3) is 11.8 Å². The molecule has 2 heterocycles. The minimum absolute atomic E-state index is 0.0577. The molecule has 0 bridgehead atoms. The van der Waals surface area contributed by atoms with E-state index in [9.17, 15) is 14.4 Å². The van der Waals surface area contributed by atoms with E-state index < -0.39 is 17.8 Å². The Kier molecular flexibility index (Phi) is 5.01. The van der Waals surface area contributed by atoms with Gasteiger partial charge < -0.3 is 18.9 Å². The predicted molar refractivity (Wildman–Crippen MR) is 106 cm³/mol. The lowest BCUT2D eigenvalue weighted by Crippen LogP contribution is -2.54. The van der Waals surface area contributed by atoms with Crippen LogP contribution in [0.1, 0.15) is 12.5 Å². The lowest BCUT2D eigenvalue weighted by atomic mass is 10.1. The summed E-state index contributed by atoms with van der Waals surface area (Å²) in [6, 6.07) is 8.80. The van der Waals surface area contributed by atoms with Crippen molar-refractivity contribution in [2.24, 2.45) is 0 Å². The number of benzene rings is 2. The molecular weight excluding hydrogens is 392 g/mol.